The largest absolute Gasteiger partial charge is 0.345 e. The number of carbonyl (C=O) groups excluding carboxylic acids is 2. The van der Waals surface area contributed by atoms with Crippen LogP contribution >= 0.6 is 34.9 Å². The summed E-state index contributed by atoms with van der Waals surface area (Å²) in [5.74, 6) is 0.00140. The summed E-state index contributed by atoms with van der Waals surface area (Å²) >= 11 is 4.32. The fraction of sp³-hybridized carbons (Fsp3) is 0.333. The highest BCUT2D eigenvalue weighted by molar-refractivity contribution is 8.03. The first-order chi connectivity index (χ1) is 11.1. The lowest BCUT2D eigenvalue weighted by Gasteiger charge is -2.15. The smallest absolute Gasteiger partial charge is 0.231 e. The first-order valence-corrected chi connectivity index (χ1v) is 9.95. The molecule has 1 heterocycles. The summed E-state index contributed by atoms with van der Waals surface area (Å²) in [6.07, 6.45) is 2.44. The van der Waals surface area contributed by atoms with Crippen LogP contribution in [0.2, 0.25) is 0 Å². The molecule has 0 radical (unpaired) electrons. The lowest BCUT2D eigenvalue weighted by atomic mass is 10.0. The molecule has 0 aliphatic carbocycles. The third-order valence-electron chi connectivity index (χ3n) is 3.00. The molecule has 0 unspecified atom stereocenters. The van der Waals surface area contributed by atoms with E-state index in [-0.39, 0.29) is 17.4 Å². The second-order valence-electron chi connectivity index (χ2n) is 4.75. The first kappa shape index (κ1) is 18.0. The molecular formula is C15H17N3O2S3. The fourth-order valence-electron chi connectivity index (χ4n) is 1.85. The predicted octanol–water partition coefficient (Wildman–Crippen LogP) is 2.67. The van der Waals surface area contributed by atoms with E-state index in [0.29, 0.717) is 6.42 Å². The molecule has 0 bridgehead atoms. The van der Waals surface area contributed by atoms with Crippen molar-refractivity contribution in [2.45, 2.75) is 28.1 Å². The minimum atomic E-state index is -0.498. The molecule has 2 aromatic rings. The van der Waals surface area contributed by atoms with Crippen molar-refractivity contribution < 1.29 is 9.59 Å². The van der Waals surface area contributed by atoms with Crippen LogP contribution in [0.15, 0.2) is 39.0 Å². The van der Waals surface area contributed by atoms with E-state index in [0.717, 1.165) is 14.2 Å². The number of nitrogens with one attached hydrogen (secondary N) is 1. The topological polar surface area (TPSA) is 72.0 Å². The monoisotopic (exact) mass is 367 g/mol. The highest BCUT2D eigenvalue weighted by Crippen LogP contribution is 2.27. The molecule has 8 heteroatoms. The number of Topliss-reactive ketones (excluding diaryl/α,β-unsaturated/α-hetero) is 1. The summed E-state index contributed by atoms with van der Waals surface area (Å²) in [7, 11) is 0. The van der Waals surface area contributed by atoms with E-state index in [1.165, 1.54) is 41.8 Å². The molecule has 0 fully saturated rings. The van der Waals surface area contributed by atoms with Crippen LogP contribution in [0, 0.1) is 0 Å². The van der Waals surface area contributed by atoms with Gasteiger partial charge in [0.15, 0.2) is 14.5 Å². The zero-order chi connectivity index (χ0) is 16.7. The summed E-state index contributed by atoms with van der Waals surface area (Å²) < 4.78 is 1.63. The molecule has 0 saturated heterocycles. The highest BCUT2D eigenvalue weighted by Gasteiger charge is 2.18. The normalized spacial score (nSPS) is 11.9. The van der Waals surface area contributed by atoms with Crippen molar-refractivity contribution in [3.05, 3.63) is 35.9 Å². The van der Waals surface area contributed by atoms with Gasteiger partial charge >= 0.3 is 0 Å². The predicted molar refractivity (Wildman–Crippen MR) is 95.2 cm³/mol. The molecule has 1 aromatic heterocycles. The zero-order valence-electron chi connectivity index (χ0n) is 12.8. The molecule has 122 valence electrons. The van der Waals surface area contributed by atoms with Gasteiger partial charge < -0.3 is 5.32 Å². The van der Waals surface area contributed by atoms with Gasteiger partial charge in [0.2, 0.25) is 5.91 Å². The Morgan fingerprint density at radius 1 is 1.22 bits per heavy atom. The van der Waals surface area contributed by atoms with E-state index < -0.39 is 6.04 Å². The van der Waals surface area contributed by atoms with Gasteiger partial charge in [0.05, 0.1) is 11.8 Å². The van der Waals surface area contributed by atoms with Gasteiger partial charge in [-0.05, 0) is 25.2 Å². The van der Waals surface area contributed by atoms with Gasteiger partial charge in [0.1, 0.15) is 0 Å². The molecule has 0 spiro atoms. The summed E-state index contributed by atoms with van der Waals surface area (Å²) in [4.78, 5) is 23.8. The van der Waals surface area contributed by atoms with Gasteiger partial charge in [-0.2, -0.15) is 0 Å². The molecule has 1 atom stereocenters. The summed E-state index contributed by atoms with van der Waals surface area (Å²) in [6.45, 7) is 1.50. The summed E-state index contributed by atoms with van der Waals surface area (Å²) in [6, 6.07) is 9.16. The van der Waals surface area contributed by atoms with Gasteiger partial charge in [0, 0.05) is 0 Å². The van der Waals surface area contributed by atoms with Crippen molar-refractivity contribution in [3.8, 4) is 0 Å². The van der Waals surface area contributed by atoms with Gasteiger partial charge in [-0.25, -0.2) is 0 Å². The molecular weight excluding hydrogens is 350 g/mol. The SMILES string of the molecule is CSc1nnc(SCC(=O)N[C@@H](Cc2ccccc2)C(C)=O)s1. The van der Waals surface area contributed by atoms with Crippen LogP contribution in [0.5, 0.6) is 0 Å². The van der Waals surface area contributed by atoms with Crippen LogP contribution in [0.1, 0.15) is 12.5 Å². The van der Waals surface area contributed by atoms with E-state index in [1.807, 2.05) is 36.6 Å². The fourth-order valence-corrected chi connectivity index (χ4v) is 4.10. The Kier molecular flexibility index (Phi) is 7.07. The number of rotatable bonds is 8. The lowest BCUT2D eigenvalue weighted by Crippen LogP contribution is -2.42. The summed E-state index contributed by atoms with van der Waals surface area (Å²) in [5, 5.41) is 10.8. The Hall–Kier alpha value is -1.38. The molecule has 0 saturated carbocycles. The lowest BCUT2D eigenvalue weighted by molar-refractivity contribution is -0.125. The van der Waals surface area contributed by atoms with Crippen molar-refractivity contribution in [1.29, 1.82) is 0 Å². The minimum absolute atomic E-state index is 0.0483. The molecule has 1 N–H and O–H groups in total. The molecule has 0 aliphatic rings. The Bertz CT molecular complexity index is 661. The second kappa shape index (κ2) is 9.05. The van der Waals surface area contributed by atoms with Crippen LogP contribution in [0.25, 0.3) is 0 Å². The molecule has 1 amide bonds. The zero-order valence-corrected chi connectivity index (χ0v) is 15.3. The Morgan fingerprint density at radius 2 is 1.91 bits per heavy atom. The standard InChI is InChI=1S/C15H17N3O2S3/c1-10(19)12(8-11-6-4-3-5-7-11)16-13(20)9-22-15-18-17-14(21-2)23-15/h3-7,12H,8-9H2,1-2H3,(H,16,20)/t12-/m0/s1. The van der Waals surface area contributed by atoms with E-state index in [4.69, 9.17) is 0 Å². The van der Waals surface area contributed by atoms with Gasteiger partial charge in [-0.15, -0.1) is 10.2 Å². The van der Waals surface area contributed by atoms with Crippen LogP contribution in [0.4, 0.5) is 0 Å². The van der Waals surface area contributed by atoms with Crippen molar-refractivity contribution in [3.63, 3.8) is 0 Å². The first-order valence-electron chi connectivity index (χ1n) is 6.92. The maximum Gasteiger partial charge on any atom is 0.231 e. The van der Waals surface area contributed by atoms with Crippen LogP contribution in [-0.2, 0) is 16.0 Å². The van der Waals surface area contributed by atoms with E-state index in [1.54, 1.807) is 0 Å². The van der Waals surface area contributed by atoms with Gasteiger partial charge in [0.25, 0.3) is 0 Å². The molecule has 0 aliphatic heterocycles. The van der Waals surface area contributed by atoms with Crippen molar-refractivity contribution in [2.75, 3.05) is 12.0 Å². The highest BCUT2D eigenvalue weighted by atomic mass is 32.2. The van der Waals surface area contributed by atoms with Crippen LogP contribution < -0.4 is 5.32 Å². The Labute approximate surface area is 147 Å². The third-order valence-corrected chi connectivity index (χ3v) is 6.03. The number of ketones is 1. The molecule has 23 heavy (non-hydrogen) atoms. The maximum atomic E-state index is 12.1. The number of hydrogen-bond donors (Lipinski definition) is 1. The molecule has 5 nitrogen and oxygen atoms in total. The number of hydrogen-bond acceptors (Lipinski definition) is 7. The maximum absolute atomic E-state index is 12.1. The van der Waals surface area contributed by atoms with E-state index in [9.17, 15) is 9.59 Å². The van der Waals surface area contributed by atoms with E-state index >= 15 is 0 Å². The number of nitrogens with zero attached hydrogens (tertiary/aromatic N) is 2. The molecule has 1 aromatic carbocycles. The van der Waals surface area contributed by atoms with Crippen molar-refractivity contribution in [2.24, 2.45) is 0 Å². The average Bonchev–Trinajstić information content (AvgIpc) is 3.01. The number of thioether (sulfide) groups is 2. The number of aromatic nitrogens is 2. The average molecular weight is 368 g/mol. The van der Waals surface area contributed by atoms with E-state index in [2.05, 4.69) is 15.5 Å². The second-order valence-corrected chi connectivity index (χ2v) is 8.00. The Morgan fingerprint density at radius 3 is 2.52 bits per heavy atom. The Balaban J connectivity index is 1.86. The number of amides is 1. The van der Waals surface area contributed by atoms with Crippen LogP contribution in [-0.4, -0.2) is 39.9 Å². The minimum Gasteiger partial charge on any atom is -0.345 e. The van der Waals surface area contributed by atoms with Crippen molar-refractivity contribution in [1.82, 2.24) is 15.5 Å². The van der Waals surface area contributed by atoms with Gasteiger partial charge in [-0.1, -0.05) is 65.2 Å². The third kappa shape index (κ3) is 5.96. The number of benzene rings is 1. The number of carbonyl (C=O) groups is 2. The van der Waals surface area contributed by atoms with Crippen molar-refractivity contribution >= 4 is 46.6 Å². The molecule has 2 rings (SSSR count). The van der Waals surface area contributed by atoms with Crippen LogP contribution in [0.3, 0.4) is 0 Å². The summed E-state index contributed by atoms with van der Waals surface area (Å²) in [5.41, 5.74) is 1.02. The van der Waals surface area contributed by atoms with Gasteiger partial charge in [-0.3, -0.25) is 9.59 Å². The quantitative estimate of drug-likeness (QED) is 0.723.